The monoisotopic (exact) mass is 339 g/mol. The quantitative estimate of drug-likeness (QED) is 0.879. The van der Waals surface area contributed by atoms with Gasteiger partial charge in [-0.1, -0.05) is 24.3 Å². The van der Waals surface area contributed by atoms with Gasteiger partial charge < -0.3 is 10.1 Å². The SMILES string of the molecule is CNC(=O)[C@@H]1CCCN(Cc2ccccc2OCc2ccccn2)C1. The minimum atomic E-state index is 0.0837. The number of amides is 1. The molecular weight excluding hydrogens is 314 g/mol. The van der Waals surface area contributed by atoms with E-state index in [4.69, 9.17) is 4.74 Å². The van der Waals surface area contributed by atoms with E-state index in [2.05, 4.69) is 21.3 Å². The van der Waals surface area contributed by atoms with Gasteiger partial charge in [0, 0.05) is 31.9 Å². The fourth-order valence-electron chi connectivity index (χ4n) is 3.27. The van der Waals surface area contributed by atoms with Crippen molar-refractivity contribution in [3.63, 3.8) is 0 Å². The number of nitrogens with zero attached hydrogens (tertiary/aromatic N) is 2. The number of benzene rings is 1. The lowest BCUT2D eigenvalue weighted by Gasteiger charge is -2.32. The van der Waals surface area contributed by atoms with Crippen molar-refractivity contribution < 1.29 is 9.53 Å². The zero-order chi connectivity index (χ0) is 17.5. The van der Waals surface area contributed by atoms with Crippen LogP contribution in [0.15, 0.2) is 48.7 Å². The largest absolute Gasteiger partial charge is 0.487 e. The number of ether oxygens (including phenoxy) is 1. The third-order valence-electron chi connectivity index (χ3n) is 4.59. The minimum absolute atomic E-state index is 0.0837. The molecule has 5 nitrogen and oxygen atoms in total. The van der Waals surface area contributed by atoms with E-state index in [0.29, 0.717) is 6.61 Å². The lowest BCUT2D eigenvalue weighted by molar-refractivity contribution is -0.126. The molecule has 5 heteroatoms. The molecule has 0 unspecified atom stereocenters. The highest BCUT2D eigenvalue weighted by Crippen LogP contribution is 2.24. The zero-order valence-corrected chi connectivity index (χ0v) is 14.6. The summed E-state index contributed by atoms with van der Waals surface area (Å²) in [6, 6.07) is 13.9. The van der Waals surface area contributed by atoms with Crippen LogP contribution in [0.25, 0.3) is 0 Å². The minimum Gasteiger partial charge on any atom is -0.487 e. The first-order chi connectivity index (χ1) is 12.3. The second-order valence-electron chi connectivity index (χ2n) is 6.41. The van der Waals surface area contributed by atoms with Gasteiger partial charge in [-0.3, -0.25) is 14.7 Å². The molecule has 0 radical (unpaired) electrons. The molecule has 1 N–H and O–H groups in total. The van der Waals surface area contributed by atoms with Gasteiger partial charge in [0.15, 0.2) is 0 Å². The van der Waals surface area contributed by atoms with Gasteiger partial charge in [0.25, 0.3) is 0 Å². The van der Waals surface area contributed by atoms with Gasteiger partial charge in [0.2, 0.25) is 5.91 Å². The first-order valence-electron chi connectivity index (χ1n) is 8.81. The van der Waals surface area contributed by atoms with Crippen molar-refractivity contribution in [1.29, 1.82) is 0 Å². The molecule has 0 saturated carbocycles. The van der Waals surface area contributed by atoms with E-state index >= 15 is 0 Å². The summed E-state index contributed by atoms with van der Waals surface area (Å²) in [6.07, 6.45) is 3.79. The molecule has 3 rings (SSSR count). The van der Waals surface area contributed by atoms with Gasteiger partial charge in [-0.2, -0.15) is 0 Å². The van der Waals surface area contributed by atoms with E-state index in [1.165, 1.54) is 0 Å². The van der Waals surface area contributed by atoms with Gasteiger partial charge >= 0.3 is 0 Å². The highest BCUT2D eigenvalue weighted by atomic mass is 16.5. The van der Waals surface area contributed by atoms with Crippen molar-refractivity contribution in [1.82, 2.24) is 15.2 Å². The van der Waals surface area contributed by atoms with Crippen molar-refractivity contribution in [3.05, 3.63) is 59.9 Å². The van der Waals surface area contributed by atoms with Gasteiger partial charge in [0.1, 0.15) is 12.4 Å². The summed E-state index contributed by atoms with van der Waals surface area (Å²) in [6.45, 7) is 3.07. The van der Waals surface area contributed by atoms with Crippen molar-refractivity contribution in [2.75, 3.05) is 20.1 Å². The Balaban J connectivity index is 1.63. The second kappa shape index (κ2) is 8.62. The van der Waals surface area contributed by atoms with E-state index in [9.17, 15) is 4.79 Å². The maximum atomic E-state index is 11.9. The van der Waals surface area contributed by atoms with Crippen LogP contribution in [0, 0.1) is 5.92 Å². The number of rotatable bonds is 6. The zero-order valence-electron chi connectivity index (χ0n) is 14.6. The Morgan fingerprint density at radius 3 is 2.92 bits per heavy atom. The summed E-state index contributed by atoms with van der Waals surface area (Å²) in [7, 11) is 1.71. The number of hydrogen-bond acceptors (Lipinski definition) is 4. The fraction of sp³-hybridized carbons (Fsp3) is 0.400. The molecule has 1 fully saturated rings. The fourth-order valence-corrected chi connectivity index (χ4v) is 3.27. The van der Waals surface area contributed by atoms with Crippen LogP contribution >= 0.6 is 0 Å². The normalized spacial score (nSPS) is 17.9. The number of aromatic nitrogens is 1. The Bertz CT molecular complexity index is 690. The molecule has 132 valence electrons. The Labute approximate surface area is 149 Å². The van der Waals surface area contributed by atoms with E-state index in [1.54, 1.807) is 13.2 Å². The molecule has 1 aromatic carbocycles. The predicted octanol–water partition coefficient (Wildman–Crippen LogP) is 2.62. The van der Waals surface area contributed by atoms with Gasteiger partial charge in [-0.15, -0.1) is 0 Å². The molecule has 0 spiro atoms. The van der Waals surface area contributed by atoms with Gasteiger partial charge in [-0.05, 0) is 37.6 Å². The summed E-state index contributed by atoms with van der Waals surface area (Å²) in [5.74, 6) is 1.11. The highest BCUT2D eigenvalue weighted by molar-refractivity contribution is 5.78. The Kier molecular flexibility index (Phi) is 6.01. The number of nitrogens with one attached hydrogen (secondary N) is 1. The second-order valence-corrected chi connectivity index (χ2v) is 6.41. The van der Waals surface area contributed by atoms with Crippen LogP contribution in [-0.2, 0) is 17.9 Å². The number of para-hydroxylation sites is 1. The van der Waals surface area contributed by atoms with Crippen molar-refractivity contribution in [2.45, 2.75) is 26.0 Å². The molecule has 0 bridgehead atoms. The number of hydrogen-bond donors (Lipinski definition) is 1. The molecule has 1 amide bonds. The summed E-state index contributed by atoms with van der Waals surface area (Å²) in [5.41, 5.74) is 2.06. The maximum Gasteiger partial charge on any atom is 0.224 e. The Morgan fingerprint density at radius 2 is 2.12 bits per heavy atom. The Morgan fingerprint density at radius 1 is 1.28 bits per heavy atom. The van der Waals surface area contributed by atoms with Crippen LogP contribution in [0.4, 0.5) is 0 Å². The molecule has 25 heavy (non-hydrogen) atoms. The van der Waals surface area contributed by atoms with Gasteiger partial charge in [-0.25, -0.2) is 0 Å². The van der Waals surface area contributed by atoms with Crippen LogP contribution in [0.3, 0.4) is 0 Å². The standard InChI is InChI=1S/C20H25N3O2/c1-21-20(24)17-8-6-12-23(14-17)13-16-7-2-3-10-19(16)25-15-18-9-4-5-11-22-18/h2-5,7,9-11,17H,6,8,12-15H2,1H3,(H,21,24)/t17-/m1/s1. The van der Waals surface area contributed by atoms with Crippen LogP contribution in [0.1, 0.15) is 24.1 Å². The lowest BCUT2D eigenvalue weighted by atomic mass is 9.96. The van der Waals surface area contributed by atoms with Crippen LogP contribution in [0.5, 0.6) is 5.75 Å². The topological polar surface area (TPSA) is 54.5 Å². The predicted molar refractivity (Wildman–Crippen MR) is 97.1 cm³/mol. The van der Waals surface area contributed by atoms with Crippen LogP contribution < -0.4 is 10.1 Å². The third-order valence-corrected chi connectivity index (χ3v) is 4.59. The molecule has 0 aliphatic carbocycles. The van der Waals surface area contributed by atoms with Crippen molar-refractivity contribution in [3.8, 4) is 5.75 Å². The first-order valence-corrected chi connectivity index (χ1v) is 8.81. The lowest BCUT2D eigenvalue weighted by Crippen LogP contribution is -2.41. The molecule has 2 heterocycles. The van der Waals surface area contributed by atoms with E-state index in [1.807, 2.05) is 36.4 Å². The van der Waals surface area contributed by atoms with E-state index in [0.717, 1.165) is 49.5 Å². The van der Waals surface area contributed by atoms with Crippen molar-refractivity contribution in [2.24, 2.45) is 5.92 Å². The third kappa shape index (κ3) is 4.79. The number of likely N-dealkylation sites (tertiary alicyclic amines) is 1. The van der Waals surface area contributed by atoms with E-state index < -0.39 is 0 Å². The van der Waals surface area contributed by atoms with Crippen LogP contribution in [0.2, 0.25) is 0 Å². The summed E-state index contributed by atoms with van der Waals surface area (Å²) >= 11 is 0. The highest BCUT2D eigenvalue weighted by Gasteiger charge is 2.25. The molecule has 1 aliphatic rings. The number of carbonyl (C=O) groups is 1. The average Bonchev–Trinajstić information content (AvgIpc) is 2.68. The molecule has 1 atom stereocenters. The van der Waals surface area contributed by atoms with Crippen LogP contribution in [-0.4, -0.2) is 35.9 Å². The molecule has 1 aliphatic heterocycles. The average molecular weight is 339 g/mol. The summed E-state index contributed by atoms with van der Waals surface area (Å²) in [5, 5.41) is 2.77. The van der Waals surface area contributed by atoms with Gasteiger partial charge in [0.05, 0.1) is 11.6 Å². The smallest absolute Gasteiger partial charge is 0.224 e. The summed E-state index contributed by atoms with van der Waals surface area (Å²) in [4.78, 5) is 18.6. The first kappa shape index (κ1) is 17.4. The van der Waals surface area contributed by atoms with Crippen molar-refractivity contribution >= 4 is 5.91 Å². The maximum absolute atomic E-state index is 11.9. The summed E-state index contributed by atoms with van der Waals surface area (Å²) < 4.78 is 5.99. The molecule has 1 aromatic heterocycles. The molecule has 2 aromatic rings. The molecular formula is C20H25N3O2. The Hall–Kier alpha value is -2.40. The number of pyridine rings is 1. The number of piperidine rings is 1. The van der Waals surface area contributed by atoms with E-state index in [-0.39, 0.29) is 11.8 Å². The number of carbonyl (C=O) groups excluding carboxylic acids is 1. The molecule has 1 saturated heterocycles.